The van der Waals surface area contributed by atoms with Crippen LogP contribution in [-0.2, 0) is 21.4 Å². The zero-order valence-electron chi connectivity index (χ0n) is 15.1. The Morgan fingerprint density at radius 2 is 1.92 bits per heavy atom. The molecule has 0 bridgehead atoms. The van der Waals surface area contributed by atoms with Crippen LogP contribution in [0.3, 0.4) is 0 Å². The number of carbonyl (C=O) groups excluding carboxylic acids is 1. The van der Waals surface area contributed by atoms with Crippen LogP contribution in [0.1, 0.15) is 26.3 Å². The average Bonchev–Trinajstić information content (AvgIpc) is 3.09. The summed E-state index contributed by atoms with van der Waals surface area (Å²) in [6, 6.07) is 7.18. The maximum Gasteiger partial charge on any atom is 0.272 e. The lowest BCUT2D eigenvalue weighted by molar-refractivity contribution is -0.118. The number of nitrogens with zero attached hydrogens (tertiary/aromatic N) is 3. The van der Waals surface area contributed by atoms with Gasteiger partial charge in [-0.2, -0.15) is 4.31 Å². The number of methoxy groups -OCH3 is 1. The van der Waals surface area contributed by atoms with E-state index in [0.29, 0.717) is 5.75 Å². The first-order valence-corrected chi connectivity index (χ1v) is 10.3. The van der Waals surface area contributed by atoms with Gasteiger partial charge in [0.1, 0.15) is 5.75 Å². The van der Waals surface area contributed by atoms with Crippen molar-refractivity contribution in [3.05, 3.63) is 29.8 Å². The summed E-state index contributed by atoms with van der Waals surface area (Å²) in [7, 11) is -2.23. The Hall–Kier alpha value is -2.04. The summed E-state index contributed by atoms with van der Waals surface area (Å²) in [5.74, 6) is 0.228. The first-order valence-electron chi connectivity index (χ1n) is 8.05. The highest BCUT2D eigenvalue weighted by Gasteiger charge is 2.28. The van der Waals surface area contributed by atoms with E-state index >= 15 is 0 Å². The van der Waals surface area contributed by atoms with Crippen LogP contribution < -0.4 is 10.1 Å². The van der Waals surface area contributed by atoms with Crippen molar-refractivity contribution >= 4 is 32.4 Å². The third-order valence-electron chi connectivity index (χ3n) is 3.59. The minimum atomic E-state index is -3.80. The van der Waals surface area contributed by atoms with Gasteiger partial charge in [0.05, 0.1) is 7.11 Å². The summed E-state index contributed by atoms with van der Waals surface area (Å²) in [4.78, 5) is 11.7. The fraction of sp³-hybridized carbons (Fsp3) is 0.438. The topological polar surface area (TPSA) is 101 Å². The summed E-state index contributed by atoms with van der Waals surface area (Å²) in [5.41, 5.74) is 0.828. The molecule has 1 aromatic heterocycles. The molecule has 0 radical (unpaired) electrons. The Balaban J connectivity index is 2.17. The summed E-state index contributed by atoms with van der Waals surface area (Å²) >= 11 is 0.842. The molecule has 0 unspecified atom stereocenters. The second kappa shape index (κ2) is 8.56. The van der Waals surface area contributed by atoms with Gasteiger partial charge in [-0.25, -0.2) is 8.42 Å². The van der Waals surface area contributed by atoms with Gasteiger partial charge in [-0.3, -0.25) is 4.79 Å². The molecule has 1 aromatic carbocycles. The lowest BCUT2D eigenvalue weighted by Gasteiger charge is -2.18. The second-order valence-electron chi connectivity index (χ2n) is 5.80. The highest BCUT2D eigenvalue weighted by molar-refractivity contribution is 7.91. The second-order valence-corrected chi connectivity index (χ2v) is 8.89. The van der Waals surface area contributed by atoms with E-state index < -0.39 is 10.0 Å². The minimum absolute atomic E-state index is 0.146. The van der Waals surface area contributed by atoms with Gasteiger partial charge >= 0.3 is 0 Å². The first kappa shape index (κ1) is 20.3. The van der Waals surface area contributed by atoms with Crippen LogP contribution in [0.5, 0.6) is 5.75 Å². The van der Waals surface area contributed by atoms with Gasteiger partial charge in [-0.1, -0.05) is 44.2 Å². The van der Waals surface area contributed by atoms with E-state index in [0.717, 1.165) is 16.9 Å². The number of benzene rings is 1. The third kappa shape index (κ3) is 4.77. The maximum atomic E-state index is 12.8. The Kier molecular flexibility index (Phi) is 6.68. The number of carbonyl (C=O) groups is 1. The molecule has 0 saturated heterocycles. The number of rotatable bonds is 8. The number of hydrogen-bond donors (Lipinski definition) is 1. The first-order chi connectivity index (χ1) is 12.3. The zero-order chi connectivity index (χ0) is 19.3. The van der Waals surface area contributed by atoms with Crippen LogP contribution in [0.4, 0.5) is 5.13 Å². The molecule has 26 heavy (non-hydrogen) atoms. The van der Waals surface area contributed by atoms with Crippen molar-refractivity contribution in [2.45, 2.75) is 31.7 Å². The van der Waals surface area contributed by atoms with Crippen LogP contribution in [0, 0.1) is 5.92 Å². The fourth-order valence-corrected chi connectivity index (χ4v) is 4.50. The number of nitrogens with one attached hydrogen (secondary N) is 1. The van der Waals surface area contributed by atoms with E-state index in [1.54, 1.807) is 40.0 Å². The van der Waals surface area contributed by atoms with Gasteiger partial charge in [0.2, 0.25) is 15.4 Å². The molecule has 2 rings (SSSR count). The van der Waals surface area contributed by atoms with Gasteiger partial charge in [0, 0.05) is 19.0 Å². The van der Waals surface area contributed by atoms with Crippen LogP contribution in [0.2, 0.25) is 0 Å². The van der Waals surface area contributed by atoms with Crippen molar-refractivity contribution in [2.24, 2.45) is 5.92 Å². The number of sulfonamides is 1. The van der Waals surface area contributed by atoms with E-state index in [9.17, 15) is 13.2 Å². The standard InChI is InChI=1S/C16H22N4O4S2/c1-5-20(10-12-6-8-13(24-4)9-7-12)26(22,23)16-19-18-15(25-16)17-14(21)11(2)3/h6-9,11H,5,10H2,1-4H3,(H,17,18,21). The smallest absolute Gasteiger partial charge is 0.272 e. The van der Waals surface area contributed by atoms with Crippen molar-refractivity contribution in [3.8, 4) is 5.75 Å². The van der Waals surface area contributed by atoms with Crippen molar-refractivity contribution in [3.63, 3.8) is 0 Å². The lowest BCUT2D eigenvalue weighted by Crippen LogP contribution is -2.30. The summed E-state index contributed by atoms with van der Waals surface area (Å²) in [6.07, 6.45) is 0. The Bertz CT molecular complexity index is 847. The lowest BCUT2D eigenvalue weighted by atomic mass is 10.2. The summed E-state index contributed by atoms with van der Waals surface area (Å²) in [5, 5.41) is 10.2. The SMILES string of the molecule is CCN(Cc1ccc(OC)cc1)S(=O)(=O)c1nnc(NC(=O)C(C)C)s1. The number of amides is 1. The van der Waals surface area contributed by atoms with Crippen molar-refractivity contribution in [1.82, 2.24) is 14.5 Å². The van der Waals surface area contributed by atoms with Gasteiger partial charge in [-0.05, 0) is 17.7 Å². The molecule has 0 spiro atoms. The van der Waals surface area contributed by atoms with Crippen LogP contribution >= 0.6 is 11.3 Å². The largest absolute Gasteiger partial charge is 0.497 e. The normalized spacial score (nSPS) is 11.8. The van der Waals surface area contributed by atoms with Gasteiger partial charge in [-0.15, -0.1) is 10.2 Å². The maximum absolute atomic E-state index is 12.8. The van der Waals surface area contributed by atoms with Crippen molar-refractivity contribution in [1.29, 1.82) is 0 Å². The molecular formula is C16H22N4O4S2. The highest BCUT2D eigenvalue weighted by Crippen LogP contribution is 2.25. The molecule has 8 nitrogen and oxygen atoms in total. The molecule has 142 valence electrons. The minimum Gasteiger partial charge on any atom is -0.497 e. The molecule has 1 N–H and O–H groups in total. The molecule has 0 aliphatic rings. The van der Waals surface area contributed by atoms with Crippen molar-refractivity contribution < 1.29 is 17.9 Å². The Morgan fingerprint density at radius 3 is 2.46 bits per heavy atom. The Labute approximate surface area is 157 Å². The van der Waals surface area contributed by atoms with Gasteiger partial charge in [0.15, 0.2) is 0 Å². The monoisotopic (exact) mass is 398 g/mol. The highest BCUT2D eigenvalue weighted by atomic mass is 32.2. The van der Waals surface area contributed by atoms with Crippen LogP contribution in [0.25, 0.3) is 0 Å². The molecule has 0 fully saturated rings. The van der Waals surface area contributed by atoms with E-state index in [1.165, 1.54) is 4.31 Å². The molecular weight excluding hydrogens is 376 g/mol. The predicted octanol–water partition coefficient (Wildman–Crippen LogP) is 2.35. The van der Waals surface area contributed by atoms with Crippen LogP contribution in [-0.4, -0.2) is 42.5 Å². The predicted molar refractivity (Wildman–Crippen MR) is 99.6 cm³/mol. The molecule has 0 atom stereocenters. The summed E-state index contributed by atoms with van der Waals surface area (Å²) in [6.45, 7) is 5.71. The molecule has 0 saturated carbocycles. The van der Waals surface area contributed by atoms with Gasteiger partial charge < -0.3 is 10.1 Å². The van der Waals surface area contributed by atoms with E-state index in [1.807, 2.05) is 12.1 Å². The summed E-state index contributed by atoms with van der Waals surface area (Å²) < 4.78 is 31.9. The Morgan fingerprint density at radius 1 is 1.27 bits per heavy atom. The molecule has 2 aromatic rings. The number of aromatic nitrogens is 2. The van der Waals surface area contributed by atoms with Crippen LogP contribution in [0.15, 0.2) is 28.6 Å². The zero-order valence-corrected chi connectivity index (χ0v) is 16.7. The third-order valence-corrected chi connectivity index (χ3v) is 6.70. The van der Waals surface area contributed by atoms with Gasteiger partial charge in [0.25, 0.3) is 10.0 Å². The molecule has 1 amide bonds. The molecule has 0 aliphatic heterocycles. The quantitative estimate of drug-likeness (QED) is 0.685. The average molecular weight is 399 g/mol. The van der Waals surface area contributed by atoms with Crippen molar-refractivity contribution in [2.75, 3.05) is 19.0 Å². The number of anilines is 1. The number of ether oxygens (including phenoxy) is 1. The molecule has 10 heteroatoms. The van der Waals surface area contributed by atoms with E-state index in [4.69, 9.17) is 4.74 Å². The van der Waals surface area contributed by atoms with E-state index in [-0.39, 0.29) is 34.4 Å². The molecule has 1 heterocycles. The number of hydrogen-bond acceptors (Lipinski definition) is 7. The molecule has 0 aliphatic carbocycles. The van der Waals surface area contributed by atoms with E-state index in [2.05, 4.69) is 15.5 Å². The fourth-order valence-electron chi connectivity index (χ4n) is 2.03.